The summed E-state index contributed by atoms with van der Waals surface area (Å²) in [6.45, 7) is 11.2. The molecule has 0 bridgehead atoms. The van der Waals surface area contributed by atoms with Crippen LogP contribution in [0, 0.1) is 0 Å². The highest BCUT2D eigenvalue weighted by atomic mass is 28.4. The van der Waals surface area contributed by atoms with E-state index < -0.39 is 29.2 Å². The van der Waals surface area contributed by atoms with Gasteiger partial charge in [0.1, 0.15) is 6.61 Å². The summed E-state index contributed by atoms with van der Waals surface area (Å²) in [6.07, 6.45) is -4.34. The van der Waals surface area contributed by atoms with Crippen molar-refractivity contribution < 1.29 is 17.6 Å². The van der Waals surface area contributed by atoms with Gasteiger partial charge < -0.3 is 4.43 Å². The van der Waals surface area contributed by atoms with Crippen LogP contribution >= 0.6 is 0 Å². The highest BCUT2D eigenvalue weighted by Crippen LogP contribution is 2.38. The molecule has 6 heteroatoms. The molecule has 0 saturated carbocycles. The Morgan fingerprint density at radius 2 is 1.30 bits per heavy atom. The quantitative estimate of drug-likeness (QED) is 0.311. The van der Waals surface area contributed by atoms with E-state index in [4.69, 9.17) is 4.43 Å². The SMILES string of the molecule is C/C(=C(\C(=C\[Si](C)(C)C)c1ccccc1)c1ccccc1)[Si](C)(C)OCC(F)(F)F. The van der Waals surface area contributed by atoms with E-state index in [1.807, 2.05) is 68.5 Å². The number of rotatable bonds is 7. The van der Waals surface area contributed by atoms with Crippen LogP contribution in [0.2, 0.25) is 32.7 Å². The Hall–Kier alpha value is -1.90. The van der Waals surface area contributed by atoms with Crippen molar-refractivity contribution in [1.82, 2.24) is 0 Å². The first-order valence-electron chi connectivity index (χ1n) is 10.1. The molecule has 0 N–H and O–H groups in total. The van der Waals surface area contributed by atoms with Crippen LogP contribution in [0.1, 0.15) is 18.1 Å². The minimum absolute atomic E-state index is 0.909. The molecule has 0 aromatic heterocycles. The van der Waals surface area contributed by atoms with Crippen molar-refractivity contribution in [1.29, 1.82) is 0 Å². The Labute approximate surface area is 180 Å². The second-order valence-electron chi connectivity index (χ2n) is 9.07. The maximum atomic E-state index is 12.9. The van der Waals surface area contributed by atoms with E-state index in [0.29, 0.717) is 0 Å². The molecule has 0 amide bonds. The number of halogens is 3. The topological polar surface area (TPSA) is 9.23 Å². The predicted molar refractivity (Wildman–Crippen MR) is 126 cm³/mol. The number of hydrogen-bond acceptors (Lipinski definition) is 1. The van der Waals surface area contributed by atoms with Gasteiger partial charge in [-0.1, -0.05) is 86.0 Å². The van der Waals surface area contributed by atoms with Crippen molar-refractivity contribution in [3.63, 3.8) is 0 Å². The van der Waals surface area contributed by atoms with Gasteiger partial charge in [0.25, 0.3) is 0 Å². The minimum Gasteiger partial charge on any atom is -0.404 e. The van der Waals surface area contributed by atoms with Crippen molar-refractivity contribution in [3.8, 4) is 0 Å². The first-order valence-corrected chi connectivity index (χ1v) is 16.5. The van der Waals surface area contributed by atoms with Crippen LogP contribution in [0.15, 0.2) is 71.6 Å². The normalized spacial score (nSPS) is 14.5. The fraction of sp³-hybridized carbons (Fsp3) is 0.333. The fourth-order valence-corrected chi connectivity index (χ4v) is 6.00. The van der Waals surface area contributed by atoms with Crippen molar-refractivity contribution in [2.75, 3.05) is 6.61 Å². The van der Waals surface area contributed by atoms with Gasteiger partial charge in [0.05, 0.1) is 8.07 Å². The number of allylic oxidation sites excluding steroid dienone is 3. The second kappa shape index (κ2) is 9.49. The summed E-state index contributed by atoms with van der Waals surface area (Å²) in [4.78, 5) is 0. The minimum atomic E-state index is -4.34. The molecule has 162 valence electrons. The summed E-state index contributed by atoms with van der Waals surface area (Å²) < 4.78 is 44.2. The average molecular weight is 449 g/mol. The maximum Gasteiger partial charge on any atom is 0.410 e. The number of benzene rings is 2. The molecule has 0 aliphatic rings. The average Bonchev–Trinajstić information content (AvgIpc) is 2.66. The zero-order valence-electron chi connectivity index (χ0n) is 18.6. The molecule has 2 aromatic rings. The molecule has 2 rings (SSSR count). The van der Waals surface area contributed by atoms with Crippen LogP contribution in [0.3, 0.4) is 0 Å². The lowest BCUT2D eigenvalue weighted by molar-refractivity contribution is -0.155. The zero-order chi connectivity index (χ0) is 22.6. The molecule has 0 atom stereocenters. The first kappa shape index (κ1) is 24.4. The van der Waals surface area contributed by atoms with E-state index in [1.54, 1.807) is 0 Å². The third kappa shape index (κ3) is 7.11. The molecule has 0 unspecified atom stereocenters. The second-order valence-corrected chi connectivity index (χ2v) is 18.2. The van der Waals surface area contributed by atoms with E-state index in [1.165, 1.54) is 0 Å². The largest absolute Gasteiger partial charge is 0.410 e. The van der Waals surface area contributed by atoms with Gasteiger partial charge in [0.15, 0.2) is 0 Å². The lowest BCUT2D eigenvalue weighted by Gasteiger charge is -2.29. The van der Waals surface area contributed by atoms with Crippen LogP contribution in [-0.2, 0) is 4.43 Å². The van der Waals surface area contributed by atoms with Gasteiger partial charge in [-0.3, -0.25) is 0 Å². The predicted octanol–water partition coefficient (Wildman–Crippen LogP) is 7.74. The zero-order valence-corrected chi connectivity index (χ0v) is 20.6. The third-order valence-electron chi connectivity index (χ3n) is 4.87. The number of alkyl halides is 3. The van der Waals surface area contributed by atoms with Crippen molar-refractivity contribution in [2.24, 2.45) is 0 Å². The van der Waals surface area contributed by atoms with Gasteiger partial charge in [-0.2, -0.15) is 13.2 Å². The van der Waals surface area contributed by atoms with Gasteiger partial charge in [0, 0.05) is 0 Å². The van der Waals surface area contributed by atoms with Gasteiger partial charge in [-0.15, -0.1) is 0 Å². The molecule has 0 spiro atoms. The Morgan fingerprint density at radius 1 is 0.833 bits per heavy atom. The summed E-state index contributed by atoms with van der Waals surface area (Å²) in [5.41, 5.74) is 6.47. The Bertz CT molecular complexity index is 894. The van der Waals surface area contributed by atoms with Gasteiger partial charge >= 0.3 is 6.18 Å². The fourth-order valence-electron chi connectivity index (χ4n) is 3.20. The van der Waals surface area contributed by atoms with Crippen LogP contribution in [-0.4, -0.2) is 29.2 Å². The molecule has 1 nitrogen and oxygen atoms in total. The van der Waals surface area contributed by atoms with Crippen LogP contribution in [0.25, 0.3) is 11.1 Å². The highest BCUT2D eigenvalue weighted by molar-refractivity contribution is 6.83. The van der Waals surface area contributed by atoms with E-state index in [9.17, 15) is 13.2 Å². The van der Waals surface area contributed by atoms with Crippen molar-refractivity contribution >= 4 is 27.5 Å². The van der Waals surface area contributed by atoms with Gasteiger partial charge in [-0.05, 0) is 47.5 Å². The Kier molecular flexibility index (Phi) is 7.71. The lowest BCUT2D eigenvalue weighted by atomic mass is 9.93. The summed E-state index contributed by atoms with van der Waals surface area (Å²) in [6, 6.07) is 20.0. The van der Waals surface area contributed by atoms with E-state index in [0.717, 1.165) is 27.5 Å². The molecule has 0 radical (unpaired) electrons. The number of hydrogen-bond donors (Lipinski definition) is 0. The molecule has 0 heterocycles. The Balaban J connectivity index is 2.75. The molecular formula is C24H31F3OSi2. The maximum absolute atomic E-state index is 12.9. The molecule has 0 aliphatic carbocycles. The molecule has 0 saturated heterocycles. The molecule has 2 aromatic carbocycles. The molecular weight excluding hydrogens is 417 g/mol. The summed E-state index contributed by atoms with van der Waals surface area (Å²) in [5.74, 6) is 0. The smallest absolute Gasteiger partial charge is 0.404 e. The highest BCUT2D eigenvalue weighted by Gasteiger charge is 2.36. The van der Waals surface area contributed by atoms with Crippen LogP contribution in [0.4, 0.5) is 13.2 Å². The summed E-state index contributed by atoms with van der Waals surface area (Å²) in [7, 11) is -4.45. The van der Waals surface area contributed by atoms with Crippen molar-refractivity contribution in [2.45, 2.75) is 45.8 Å². The molecule has 0 fully saturated rings. The van der Waals surface area contributed by atoms with E-state index in [2.05, 4.69) is 37.5 Å². The standard InChI is InChI=1S/C24H31F3OSi2/c1-19(30(5,6)28-18-24(25,26)27)23(21-15-11-8-12-16-21)22(17-29(2,3)4)20-13-9-7-10-14-20/h7-17H,18H2,1-6H3/b22-17+,23-19+. The van der Waals surface area contributed by atoms with E-state index >= 15 is 0 Å². The molecule has 30 heavy (non-hydrogen) atoms. The van der Waals surface area contributed by atoms with Gasteiger partial charge in [0.2, 0.25) is 8.32 Å². The lowest BCUT2D eigenvalue weighted by Crippen LogP contribution is -2.37. The van der Waals surface area contributed by atoms with Crippen LogP contribution < -0.4 is 0 Å². The van der Waals surface area contributed by atoms with Gasteiger partial charge in [-0.25, -0.2) is 0 Å². The Morgan fingerprint density at radius 3 is 1.73 bits per heavy atom. The molecule has 0 aliphatic heterocycles. The first-order chi connectivity index (χ1) is 13.8. The van der Waals surface area contributed by atoms with E-state index in [-0.39, 0.29) is 0 Å². The summed E-state index contributed by atoms with van der Waals surface area (Å²) >= 11 is 0. The van der Waals surface area contributed by atoms with Crippen molar-refractivity contribution in [3.05, 3.63) is 82.7 Å². The third-order valence-corrected chi connectivity index (χ3v) is 8.95. The summed E-state index contributed by atoms with van der Waals surface area (Å²) in [5, 5.41) is 0.909. The van der Waals surface area contributed by atoms with Crippen LogP contribution in [0.5, 0.6) is 0 Å². The monoisotopic (exact) mass is 448 g/mol.